The Morgan fingerprint density at radius 1 is 0.929 bits per heavy atom. The van der Waals surface area contributed by atoms with Gasteiger partial charge in [-0.1, -0.05) is 75.6 Å². The minimum Gasteiger partial charge on any atom is -0.430 e. The number of rotatable bonds is 9. The van der Waals surface area contributed by atoms with Gasteiger partial charge in [0.15, 0.2) is 0 Å². The van der Waals surface area contributed by atoms with E-state index in [-0.39, 0.29) is 5.75 Å². The van der Waals surface area contributed by atoms with Crippen molar-refractivity contribution >= 4 is 42.8 Å². The molecule has 0 saturated heterocycles. The van der Waals surface area contributed by atoms with Gasteiger partial charge in [-0.2, -0.15) is 19.0 Å². The Morgan fingerprint density at radius 2 is 1.67 bits per heavy atom. The van der Waals surface area contributed by atoms with E-state index in [4.69, 9.17) is 0 Å². The molecule has 0 aliphatic heterocycles. The van der Waals surface area contributed by atoms with Gasteiger partial charge in [-0.15, -0.1) is 0 Å². The Morgan fingerprint density at radius 3 is 2.33 bits per heavy atom. The molecule has 0 aliphatic carbocycles. The molecule has 5 aromatic rings. The number of hydrogen-bond acceptors (Lipinski definition) is 3. The maximum absolute atomic E-state index is 13.1. The van der Waals surface area contributed by atoms with E-state index < -0.39 is 5.85 Å². The van der Waals surface area contributed by atoms with Gasteiger partial charge in [0.2, 0.25) is 0 Å². The van der Waals surface area contributed by atoms with Crippen LogP contribution in [0.5, 0.6) is 5.75 Å². The van der Waals surface area contributed by atoms with E-state index in [2.05, 4.69) is 78.2 Å². The lowest BCUT2D eigenvalue weighted by Gasteiger charge is -2.13. The first-order valence-corrected chi connectivity index (χ1v) is 14.9. The zero-order valence-corrected chi connectivity index (χ0v) is 25.8. The van der Waals surface area contributed by atoms with Crippen molar-refractivity contribution in [2.24, 2.45) is 10.2 Å². The van der Waals surface area contributed by atoms with Gasteiger partial charge in [0.05, 0.1) is 11.7 Å². The molecule has 218 valence electrons. The standard InChI is InChI=1S/C30H26F2N3OP.C5H12/c1-20-5-3-4-6-23(20)17-21(2)34-33-19-22-7-13-27-24(18-22)8-14-29-28(27)15-16-35(29)25-9-11-26(12-10-25)36-30(31,32)37;1-3-5-4-2/h3-16,18-19H,17,37H2,1-2H3;3-5H2,1-2H3/b33-19+,34-21+;. The number of hydrogen-bond donors (Lipinski definition) is 0. The van der Waals surface area contributed by atoms with E-state index in [1.807, 2.05) is 35.9 Å². The van der Waals surface area contributed by atoms with Gasteiger partial charge in [0, 0.05) is 29.4 Å². The predicted octanol–water partition coefficient (Wildman–Crippen LogP) is 10.1. The molecule has 0 bridgehead atoms. The Balaban J connectivity index is 0.000000748. The topological polar surface area (TPSA) is 38.9 Å². The molecule has 1 atom stereocenters. The van der Waals surface area contributed by atoms with Crippen LogP contribution in [0.4, 0.5) is 8.78 Å². The molecule has 5 rings (SSSR count). The number of unbranched alkanes of at least 4 members (excludes halogenated alkanes) is 2. The molecule has 1 aromatic heterocycles. The highest BCUT2D eigenvalue weighted by atomic mass is 31.0. The fourth-order valence-electron chi connectivity index (χ4n) is 4.78. The number of ether oxygens (including phenoxy) is 1. The third-order valence-corrected chi connectivity index (χ3v) is 7.05. The molecule has 1 unspecified atom stereocenters. The minimum absolute atomic E-state index is 0.106. The van der Waals surface area contributed by atoms with Crippen LogP contribution in [-0.4, -0.2) is 22.3 Å². The van der Waals surface area contributed by atoms with Crippen LogP contribution in [0.15, 0.2) is 101 Å². The van der Waals surface area contributed by atoms with Gasteiger partial charge in [-0.25, -0.2) is 0 Å². The molecule has 4 aromatic carbocycles. The average Bonchev–Trinajstić information content (AvgIpc) is 3.39. The van der Waals surface area contributed by atoms with E-state index in [1.54, 1.807) is 18.3 Å². The number of alkyl halides is 2. The lowest BCUT2D eigenvalue weighted by molar-refractivity contribution is -0.0892. The van der Waals surface area contributed by atoms with Gasteiger partial charge < -0.3 is 9.30 Å². The van der Waals surface area contributed by atoms with Crippen LogP contribution in [0.25, 0.3) is 27.4 Å². The maximum atomic E-state index is 13.1. The Bertz CT molecular complexity index is 1680. The summed E-state index contributed by atoms with van der Waals surface area (Å²) in [6, 6.07) is 27.3. The quantitative estimate of drug-likeness (QED) is 0.0964. The minimum atomic E-state index is -3.30. The lowest BCUT2D eigenvalue weighted by Crippen LogP contribution is -2.14. The zero-order chi connectivity index (χ0) is 30.1. The van der Waals surface area contributed by atoms with Crippen LogP contribution in [0.3, 0.4) is 0 Å². The number of benzene rings is 4. The van der Waals surface area contributed by atoms with Crippen molar-refractivity contribution in [3.63, 3.8) is 0 Å². The molecule has 0 aliphatic rings. The third-order valence-electron chi connectivity index (χ3n) is 6.93. The molecular weight excluding hydrogens is 547 g/mol. The average molecular weight is 586 g/mol. The second-order valence-corrected chi connectivity index (χ2v) is 11.0. The molecule has 0 N–H and O–H groups in total. The van der Waals surface area contributed by atoms with E-state index in [9.17, 15) is 8.78 Å². The number of aromatic nitrogens is 1. The van der Waals surface area contributed by atoms with Crippen molar-refractivity contribution < 1.29 is 13.5 Å². The first-order valence-electron chi connectivity index (χ1n) is 14.3. The van der Waals surface area contributed by atoms with Gasteiger partial charge in [0.1, 0.15) is 5.75 Å². The van der Waals surface area contributed by atoms with Gasteiger partial charge in [0.25, 0.3) is 0 Å². The number of fused-ring (bicyclic) bond motifs is 3. The molecule has 0 amide bonds. The largest absolute Gasteiger partial charge is 0.430 e. The number of nitrogens with zero attached hydrogens (tertiary/aromatic N) is 3. The monoisotopic (exact) mass is 585 g/mol. The normalized spacial score (nSPS) is 12.1. The van der Waals surface area contributed by atoms with Crippen LogP contribution in [0.2, 0.25) is 0 Å². The summed E-state index contributed by atoms with van der Waals surface area (Å²) in [6.45, 7) is 8.52. The smallest absolute Gasteiger partial charge is 0.408 e. The van der Waals surface area contributed by atoms with Crippen molar-refractivity contribution in [3.8, 4) is 11.4 Å². The zero-order valence-electron chi connectivity index (χ0n) is 24.6. The number of halogens is 2. The first-order chi connectivity index (χ1) is 20.2. The molecule has 0 fully saturated rings. The fraction of sp³-hybridized carbons (Fsp3) is 0.257. The fourth-order valence-corrected chi connectivity index (χ4v) is 4.92. The van der Waals surface area contributed by atoms with Gasteiger partial charge >= 0.3 is 5.85 Å². The van der Waals surface area contributed by atoms with Gasteiger partial charge in [-0.05, 0) is 93.0 Å². The highest BCUT2D eigenvalue weighted by Crippen LogP contribution is 2.31. The Kier molecular flexibility index (Phi) is 10.6. The second kappa shape index (κ2) is 14.3. The van der Waals surface area contributed by atoms with Crippen molar-refractivity contribution in [1.82, 2.24) is 4.57 Å². The summed E-state index contributed by atoms with van der Waals surface area (Å²) < 4.78 is 32.8. The molecule has 0 radical (unpaired) electrons. The maximum Gasteiger partial charge on any atom is 0.408 e. The molecule has 7 heteroatoms. The molecular formula is C35H38F2N3OP. The summed E-state index contributed by atoms with van der Waals surface area (Å²) in [5.41, 5.74) is 6.32. The summed E-state index contributed by atoms with van der Waals surface area (Å²) in [4.78, 5) is 0. The van der Waals surface area contributed by atoms with Crippen molar-refractivity contribution in [3.05, 3.63) is 108 Å². The van der Waals surface area contributed by atoms with Crippen LogP contribution in [-0.2, 0) is 6.42 Å². The summed E-state index contributed by atoms with van der Waals surface area (Å²) >= 11 is 0. The van der Waals surface area contributed by atoms with Crippen molar-refractivity contribution in [1.29, 1.82) is 0 Å². The lowest BCUT2D eigenvalue weighted by atomic mass is 10.0. The highest BCUT2D eigenvalue weighted by molar-refractivity contribution is 7.17. The van der Waals surface area contributed by atoms with E-state index in [1.165, 1.54) is 51.8 Å². The third kappa shape index (κ3) is 8.33. The molecule has 0 saturated carbocycles. The van der Waals surface area contributed by atoms with E-state index in [0.29, 0.717) is 0 Å². The van der Waals surface area contributed by atoms with Crippen LogP contribution in [0.1, 0.15) is 56.7 Å². The van der Waals surface area contributed by atoms with Crippen molar-refractivity contribution in [2.45, 2.75) is 59.2 Å². The van der Waals surface area contributed by atoms with Crippen molar-refractivity contribution in [2.75, 3.05) is 0 Å². The van der Waals surface area contributed by atoms with E-state index >= 15 is 0 Å². The molecule has 42 heavy (non-hydrogen) atoms. The SMILES string of the molecule is C/C(Cc1ccccc1C)=N\N=C\c1ccc2c(ccc3c2ccn3-c2ccc(OC(F)(F)P)cc2)c1.CCCCC. The second-order valence-electron chi connectivity index (χ2n) is 10.4. The van der Waals surface area contributed by atoms with Crippen LogP contribution < -0.4 is 4.74 Å². The van der Waals surface area contributed by atoms with Crippen LogP contribution >= 0.6 is 9.24 Å². The molecule has 1 heterocycles. The molecule has 4 nitrogen and oxygen atoms in total. The number of aryl methyl sites for hydroxylation is 1. The summed E-state index contributed by atoms with van der Waals surface area (Å²) in [6.07, 6.45) is 8.60. The highest BCUT2D eigenvalue weighted by Gasteiger charge is 2.23. The van der Waals surface area contributed by atoms with E-state index in [0.717, 1.165) is 45.1 Å². The molecule has 0 spiro atoms. The summed E-state index contributed by atoms with van der Waals surface area (Å²) in [5, 5.41) is 12.0. The Hall–Kier alpha value is -3.89. The first kappa shape index (κ1) is 31.1. The Labute approximate surface area is 249 Å². The predicted molar refractivity (Wildman–Crippen MR) is 177 cm³/mol. The van der Waals surface area contributed by atoms with Gasteiger partial charge in [-0.3, -0.25) is 0 Å². The summed E-state index contributed by atoms with van der Waals surface area (Å²) in [5.74, 6) is -3.19. The summed E-state index contributed by atoms with van der Waals surface area (Å²) in [7, 11) is 1.38. The van der Waals surface area contributed by atoms with Crippen LogP contribution in [0, 0.1) is 6.92 Å².